The van der Waals surface area contributed by atoms with E-state index in [2.05, 4.69) is 5.32 Å². The number of aryl methyl sites for hydroxylation is 1. The monoisotopic (exact) mass is 318 g/mol. The van der Waals surface area contributed by atoms with E-state index in [1.54, 1.807) is 27.7 Å². The van der Waals surface area contributed by atoms with Gasteiger partial charge in [-0.3, -0.25) is 9.59 Å². The molecule has 1 N–H and O–H groups in total. The highest BCUT2D eigenvalue weighted by atomic mass is 19.4. The fourth-order valence-corrected chi connectivity index (χ4v) is 2.21. The van der Waals surface area contributed by atoms with Crippen LogP contribution in [0.1, 0.15) is 51.4 Å². The lowest BCUT2D eigenvalue weighted by Gasteiger charge is -2.26. The number of nitrogens with zero attached hydrogens (tertiary/aromatic N) is 1. The second-order valence-electron chi connectivity index (χ2n) is 6.25. The molecule has 0 aliphatic rings. The number of carbonyl (C=O) groups is 1. The maximum Gasteiger partial charge on any atom is 0.416 e. The lowest BCUT2D eigenvalue weighted by atomic mass is 10.1. The molecule has 0 bridgehead atoms. The number of carbonyl (C=O) groups excluding carboxylic acids is 1. The molecule has 0 saturated heterocycles. The molecule has 1 amide bonds. The Bertz CT molecular complexity index is 613. The zero-order valence-corrected chi connectivity index (χ0v) is 13.3. The minimum absolute atomic E-state index is 0.107. The van der Waals surface area contributed by atoms with Crippen molar-refractivity contribution < 1.29 is 18.0 Å². The van der Waals surface area contributed by atoms with E-state index >= 15 is 0 Å². The topological polar surface area (TPSA) is 51.1 Å². The first-order chi connectivity index (χ1) is 9.86. The molecule has 124 valence electrons. The van der Waals surface area contributed by atoms with Crippen LogP contribution in [0.2, 0.25) is 0 Å². The van der Waals surface area contributed by atoms with Crippen LogP contribution in [0.3, 0.4) is 0 Å². The van der Waals surface area contributed by atoms with Crippen molar-refractivity contribution in [1.29, 1.82) is 0 Å². The van der Waals surface area contributed by atoms with Crippen LogP contribution in [0.25, 0.3) is 0 Å². The first-order valence-corrected chi connectivity index (χ1v) is 6.99. The number of nitrogens with one attached hydrogen (secondary N) is 1. The van der Waals surface area contributed by atoms with Crippen molar-refractivity contribution in [2.45, 2.75) is 58.8 Å². The van der Waals surface area contributed by atoms with Gasteiger partial charge in [-0.2, -0.15) is 13.2 Å². The van der Waals surface area contributed by atoms with E-state index in [1.165, 1.54) is 6.92 Å². The molecule has 22 heavy (non-hydrogen) atoms. The zero-order valence-electron chi connectivity index (χ0n) is 13.3. The maximum absolute atomic E-state index is 12.7. The van der Waals surface area contributed by atoms with E-state index < -0.39 is 28.9 Å². The Morgan fingerprint density at radius 1 is 1.27 bits per heavy atom. The molecule has 1 aromatic rings. The van der Waals surface area contributed by atoms with Gasteiger partial charge in [0.1, 0.15) is 6.04 Å². The van der Waals surface area contributed by atoms with Crippen molar-refractivity contribution in [2.75, 3.05) is 0 Å². The Morgan fingerprint density at radius 3 is 2.18 bits per heavy atom. The number of hydrogen-bond donors (Lipinski definition) is 1. The van der Waals surface area contributed by atoms with Gasteiger partial charge in [-0.15, -0.1) is 0 Å². The van der Waals surface area contributed by atoms with E-state index in [9.17, 15) is 22.8 Å². The number of aromatic nitrogens is 1. The van der Waals surface area contributed by atoms with Crippen LogP contribution >= 0.6 is 0 Å². The highest BCUT2D eigenvalue weighted by molar-refractivity contribution is 5.81. The molecule has 0 aliphatic carbocycles. The number of rotatable bonds is 3. The van der Waals surface area contributed by atoms with Gasteiger partial charge in [-0.05, 0) is 40.2 Å². The van der Waals surface area contributed by atoms with Gasteiger partial charge in [-0.25, -0.2) is 0 Å². The summed E-state index contributed by atoms with van der Waals surface area (Å²) in [4.78, 5) is 24.3. The lowest BCUT2D eigenvalue weighted by Crippen LogP contribution is -2.46. The van der Waals surface area contributed by atoms with Crippen molar-refractivity contribution >= 4 is 5.91 Å². The van der Waals surface area contributed by atoms with E-state index in [4.69, 9.17) is 0 Å². The van der Waals surface area contributed by atoms with Crippen LogP contribution in [-0.4, -0.2) is 16.0 Å². The van der Waals surface area contributed by atoms with Crippen LogP contribution in [-0.2, 0) is 11.0 Å². The Morgan fingerprint density at radius 2 is 1.82 bits per heavy atom. The fraction of sp³-hybridized carbons (Fsp3) is 0.600. The molecular formula is C15H21F3N2O2. The smallest absolute Gasteiger partial charge is 0.350 e. The third-order valence-electron chi connectivity index (χ3n) is 3.09. The zero-order chi connectivity index (χ0) is 17.3. The second-order valence-corrected chi connectivity index (χ2v) is 6.25. The Balaban J connectivity index is 3.30. The number of hydrogen-bond acceptors (Lipinski definition) is 2. The molecule has 0 aliphatic heterocycles. The molecule has 0 fully saturated rings. The average Bonchev–Trinajstić information content (AvgIpc) is 2.29. The Kier molecular flexibility index (Phi) is 5.10. The van der Waals surface area contributed by atoms with Gasteiger partial charge in [0.2, 0.25) is 5.91 Å². The van der Waals surface area contributed by atoms with Gasteiger partial charge in [0.05, 0.1) is 5.56 Å². The van der Waals surface area contributed by atoms with Crippen molar-refractivity contribution in [3.63, 3.8) is 0 Å². The third-order valence-corrected chi connectivity index (χ3v) is 3.09. The SMILES string of the molecule is CC[C@@H](C(=O)NC(C)(C)C)n1c(C)cc(C(F)(F)F)cc1=O. The standard InChI is InChI=1S/C15H21F3N2O2/c1-6-11(13(22)19-14(3,4)5)20-9(2)7-10(8-12(20)21)15(16,17)18/h7-8,11H,6H2,1-5H3,(H,19,22)/t11-/m0/s1. The van der Waals surface area contributed by atoms with Gasteiger partial charge < -0.3 is 9.88 Å². The third kappa shape index (κ3) is 4.35. The fourth-order valence-electron chi connectivity index (χ4n) is 2.21. The molecule has 0 unspecified atom stereocenters. The number of alkyl halides is 3. The van der Waals surface area contributed by atoms with Crippen LogP contribution in [0.15, 0.2) is 16.9 Å². The molecule has 4 nitrogen and oxygen atoms in total. The summed E-state index contributed by atoms with van der Waals surface area (Å²) >= 11 is 0. The van der Waals surface area contributed by atoms with Gasteiger partial charge >= 0.3 is 6.18 Å². The maximum atomic E-state index is 12.7. The molecule has 1 aromatic heterocycles. The molecule has 0 aromatic carbocycles. The summed E-state index contributed by atoms with van der Waals surface area (Å²) < 4.78 is 39.3. The highest BCUT2D eigenvalue weighted by Crippen LogP contribution is 2.29. The summed E-state index contributed by atoms with van der Waals surface area (Å²) in [6.07, 6.45) is -4.29. The number of halogens is 3. The summed E-state index contributed by atoms with van der Waals surface area (Å²) in [5.74, 6) is -0.389. The Labute approximate surface area is 127 Å². The minimum Gasteiger partial charge on any atom is -0.350 e. The largest absolute Gasteiger partial charge is 0.416 e. The van der Waals surface area contributed by atoms with Crippen molar-refractivity contribution in [3.05, 3.63) is 33.7 Å². The second kappa shape index (κ2) is 6.14. The normalized spacial score (nSPS) is 13.8. The number of pyridine rings is 1. The summed E-state index contributed by atoms with van der Waals surface area (Å²) in [7, 11) is 0. The van der Waals surface area contributed by atoms with Gasteiger partial charge in [0.25, 0.3) is 5.56 Å². The quantitative estimate of drug-likeness (QED) is 0.931. The highest BCUT2D eigenvalue weighted by Gasteiger charge is 2.33. The predicted octanol–water partition coefficient (Wildman–Crippen LogP) is 3.04. The summed E-state index contributed by atoms with van der Waals surface area (Å²) in [5.41, 5.74) is -2.22. The number of amides is 1. The first kappa shape index (κ1) is 18.3. The van der Waals surface area contributed by atoms with Crippen molar-refractivity contribution in [1.82, 2.24) is 9.88 Å². The Hall–Kier alpha value is -1.79. The molecule has 7 heteroatoms. The van der Waals surface area contributed by atoms with E-state index in [0.29, 0.717) is 12.5 Å². The van der Waals surface area contributed by atoms with Crippen LogP contribution < -0.4 is 10.9 Å². The average molecular weight is 318 g/mol. The minimum atomic E-state index is -4.58. The van der Waals surface area contributed by atoms with Crippen LogP contribution in [0.5, 0.6) is 0 Å². The van der Waals surface area contributed by atoms with Gasteiger partial charge in [0.15, 0.2) is 0 Å². The van der Waals surface area contributed by atoms with Gasteiger partial charge in [0, 0.05) is 17.3 Å². The summed E-state index contributed by atoms with van der Waals surface area (Å²) in [6, 6.07) is 0.572. The van der Waals surface area contributed by atoms with Gasteiger partial charge in [-0.1, -0.05) is 6.92 Å². The molecule has 0 radical (unpaired) electrons. The van der Waals surface area contributed by atoms with E-state index in [1.807, 2.05) is 0 Å². The molecule has 1 rings (SSSR count). The molecular weight excluding hydrogens is 297 g/mol. The van der Waals surface area contributed by atoms with Crippen molar-refractivity contribution in [3.8, 4) is 0 Å². The van der Waals surface area contributed by atoms with Crippen molar-refractivity contribution in [2.24, 2.45) is 0 Å². The van der Waals surface area contributed by atoms with Crippen LogP contribution in [0, 0.1) is 6.92 Å². The van der Waals surface area contributed by atoms with E-state index in [-0.39, 0.29) is 11.6 Å². The first-order valence-electron chi connectivity index (χ1n) is 6.99. The summed E-state index contributed by atoms with van der Waals surface area (Å²) in [5, 5.41) is 2.75. The molecule has 0 spiro atoms. The predicted molar refractivity (Wildman–Crippen MR) is 77.7 cm³/mol. The lowest BCUT2D eigenvalue weighted by molar-refractivity contribution is -0.137. The molecule has 1 heterocycles. The summed E-state index contributed by atoms with van der Waals surface area (Å²) in [6.45, 7) is 8.47. The molecule has 1 atom stereocenters. The molecule has 0 saturated carbocycles. The van der Waals surface area contributed by atoms with Crippen LogP contribution in [0.4, 0.5) is 13.2 Å². The van der Waals surface area contributed by atoms with E-state index in [0.717, 1.165) is 10.6 Å².